The number of fused-ring (bicyclic) bond motifs is 1. The van der Waals surface area contributed by atoms with E-state index in [1.54, 1.807) is 6.08 Å². The van der Waals surface area contributed by atoms with Crippen LogP contribution >= 0.6 is 0 Å². The summed E-state index contributed by atoms with van der Waals surface area (Å²) in [6.45, 7) is -0.939. The van der Waals surface area contributed by atoms with Gasteiger partial charge in [0.05, 0.1) is 31.3 Å². The SMILES string of the molecule is COc1c(O)c2c(c(O)c1OC)C(O)(O)C(CC1(O)C(O)(O)C(O)(O)N(CC3=CC=CCC3)C(O)(O)C1(O)O)C2=O. The van der Waals surface area contributed by atoms with Crippen LogP contribution in [0.2, 0.25) is 0 Å². The Bertz CT molecular complexity index is 1300. The van der Waals surface area contributed by atoms with Gasteiger partial charge in [0.15, 0.2) is 22.9 Å². The Morgan fingerprint density at radius 3 is 1.83 bits per heavy atom. The summed E-state index contributed by atoms with van der Waals surface area (Å²) < 4.78 is 9.76. The number of piperidine rings is 1. The highest BCUT2D eigenvalue weighted by Crippen LogP contribution is 2.60. The summed E-state index contributed by atoms with van der Waals surface area (Å²) >= 11 is 0. The number of methoxy groups -OCH3 is 2. The Hall–Kier alpha value is -2.91. The third-order valence-electron chi connectivity index (χ3n) is 7.99. The quantitative estimate of drug-likeness (QED) is 0.110. The average Bonchev–Trinajstić information content (AvgIpc) is 3.08. The van der Waals surface area contributed by atoms with Gasteiger partial charge in [-0.25, -0.2) is 0 Å². The number of carbonyl (C=O) groups is 1. The van der Waals surface area contributed by atoms with Crippen molar-refractivity contribution in [2.45, 2.75) is 54.0 Å². The molecule has 1 heterocycles. The molecule has 1 aromatic carbocycles. The molecule has 13 N–H and O–H groups in total. The molecule has 228 valence electrons. The number of rotatable bonds is 6. The molecule has 0 radical (unpaired) electrons. The molecule has 1 saturated heterocycles. The van der Waals surface area contributed by atoms with Gasteiger partial charge in [-0.05, 0) is 12.8 Å². The van der Waals surface area contributed by atoms with Gasteiger partial charge in [-0.1, -0.05) is 23.8 Å². The molecule has 4 rings (SSSR count). The van der Waals surface area contributed by atoms with Gasteiger partial charge in [0.2, 0.25) is 17.3 Å². The molecule has 1 fully saturated rings. The minimum atomic E-state index is -4.60. The van der Waals surface area contributed by atoms with Crippen LogP contribution in [-0.4, -0.2) is 127 Å². The van der Waals surface area contributed by atoms with Crippen LogP contribution in [0.3, 0.4) is 0 Å². The molecule has 0 amide bonds. The van der Waals surface area contributed by atoms with Crippen molar-refractivity contribution in [1.29, 1.82) is 0 Å². The topological polar surface area (TPSA) is 302 Å². The molecule has 1 atom stereocenters. The fourth-order valence-corrected chi connectivity index (χ4v) is 5.60. The lowest BCUT2D eigenvalue weighted by molar-refractivity contribution is -0.595. The first-order valence-corrected chi connectivity index (χ1v) is 12.0. The molecular weight excluding hydrogens is 558 g/mol. The molecule has 0 spiro atoms. The highest BCUT2D eigenvalue weighted by atomic mass is 16.7. The Morgan fingerprint density at radius 2 is 1.37 bits per heavy atom. The number of aromatic hydroxyl groups is 2. The highest BCUT2D eigenvalue weighted by molar-refractivity contribution is 6.08. The monoisotopic (exact) mass is 589 g/mol. The predicted octanol–water partition coefficient (Wildman–Crippen LogP) is -4.58. The number of ether oxygens (including phenoxy) is 2. The average molecular weight is 590 g/mol. The lowest BCUT2D eigenvalue weighted by Crippen LogP contribution is -2.93. The fourth-order valence-electron chi connectivity index (χ4n) is 5.60. The van der Waals surface area contributed by atoms with E-state index in [2.05, 4.69) is 0 Å². The summed E-state index contributed by atoms with van der Waals surface area (Å²) in [5, 5.41) is 141. The molecule has 0 saturated carbocycles. The Kier molecular flexibility index (Phi) is 7.04. The second-order valence-corrected chi connectivity index (χ2v) is 10.2. The number of allylic oxidation sites excluding steroid dienone is 3. The first kappa shape index (κ1) is 31.0. The van der Waals surface area contributed by atoms with Crippen molar-refractivity contribution in [2.24, 2.45) is 5.92 Å². The second-order valence-electron chi connectivity index (χ2n) is 10.2. The van der Waals surface area contributed by atoms with E-state index in [0.717, 1.165) is 14.2 Å². The van der Waals surface area contributed by atoms with Gasteiger partial charge >= 0.3 is 0 Å². The maximum Gasteiger partial charge on any atom is 0.289 e. The molecule has 17 heteroatoms. The van der Waals surface area contributed by atoms with E-state index in [1.165, 1.54) is 12.2 Å². The number of Topliss-reactive ketones (excluding diaryl/α,β-unsaturated/α-hetero) is 1. The zero-order chi connectivity index (χ0) is 31.1. The number of carbonyl (C=O) groups excluding carboxylic acids is 1. The van der Waals surface area contributed by atoms with Crippen molar-refractivity contribution in [2.75, 3.05) is 20.8 Å². The summed E-state index contributed by atoms with van der Waals surface area (Å²) in [6, 6.07) is 0. The van der Waals surface area contributed by atoms with E-state index >= 15 is 0 Å². The smallest absolute Gasteiger partial charge is 0.289 e. The molecule has 17 nitrogen and oxygen atoms in total. The summed E-state index contributed by atoms with van der Waals surface area (Å²) in [4.78, 5) is 13.0. The van der Waals surface area contributed by atoms with Gasteiger partial charge in [0.1, 0.15) is 0 Å². The normalized spacial score (nSPS) is 26.8. The van der Waals surface area contributed by atoms with Gasteiger partial charge in [-0.2, -0.15) is 4.90 Å². The van der Waals surface area contributed by atoms with Crippen LogP contribution < -0.4 is 9.47 Å². The number of hydrogen-bond donors (Lipinski definition) is 13. The number of aliphatic hydroxyl groups is 11. The lowest BCUT2D eigenvalue weighted by atomic mass is 9.68. The van der Waals surface area contributed by atoms with Crippen molar-refractivity contribution in [3.05, 3.63) is 34.9 Å². The van der Waals surface area contributed by atoms with Gasteiger partial charge in [0.25, 0.3) is 23.4 Å². The first-order valence-electron chi connectivity index (χ1n) is 12.0. The zero-order valence-electron chi connectivity index (χ0n) is 21.6. The highest BCUT2D eigenvalue weighted by Gasteiger charge is 2.85. The van der Waals surface area contributed by atoms with Gasteiger partial charge in [-0.3, -0.25) is 4.79 Å². The maximum atomic E-state index is 13.3. The summed E-state index contributed by atoms with van der Waals surface area (Å²) in [6.07, 6.45) is 3.19. The predicted molar refractivity (Wildman–Crippen MR) is 128 cm³/mol. The summed E-state index contributed by atoms with van der Waals surface area (Å²) in [5.41, 5.74) is -6.37. The molecule has 0 bridgehead atoms. The first-order chi connectivity index (χ1) is 18.7. The minimum absolute atomic E-state index is 0.184. The maximum absolute atomic E-state index is 13.3. The molecular formula is C24H31NO16. The van der Waals surface area contributed by atoms with Crippen LogP contribution in [-0.2, 0) is 5.79 Å². The number of ketones is 1. The Balaban J connectivity index is 1.86. The third kappa shape index (κ3) is 3.77. The molecule has 3 aliphatic rings. The van der Waals surface area contributed by atoms with E-state index in [9.17, 15) is 71.2 Å². The number of benzene rings is 1. The van der Waals surface area contributed by atoms with Crippen LogP contribution in [0.5, 0.6) is 23.0 Å². The van der Waals surface area contributed by atoms with Gasteiger partial charge in [-0.15, -0.1) is 0 Å². The number of hydrogen-bond acceptors (Lipinski definition) is 17. The molecule has 41 heavy (non-hydrogen) atoms. The third-order valence-corrected chi connectivity index (χ3v) is 7.99. The van der Waals surface area contributed by atoms with Crippen molar-refractivity contribution in [3.8, 4) is 23.0 Å². The Labute approximate surface area is 230 Å². The van der Waals surface area contributed by atoms with Crippen molar-refractivity contribution in [1.82, 2.24) is 4.90 Å². The van der Waals surface area contributed by atoms with Gasteiger partial charge in [0, 0.05) is 13.0 Å². The minimum Gasteiger partial charge on any atom is -0.504 e. The lowest BCUT2D eigenvalue weighted by Gasteiger charge is -2.63. The largest absolute Gasteiger partial charge is 0.504 e. The van der Waals surface area contributed by atoms with E-state index in [4.69, 9.17) is 9.47 Å². The van der Waals surface area contributed by atoms with Crippen molar-refractivity contribution < 1.29 is 80.7 Å². The molecule has 1 aliphatic heterocycles. The van der Waals surface area contributed by atoms with E-state index in [1.807, 2.05) is 0 Å². The van der Waals surface area contributed by atoms with E-state index in [-0.39, 0.29) is 16.9 Å². The summed E-state index contributed by atoms with van der Waals surface area (Å²) in [7, 11) is 1.97. The van der Waals surface area contributed by atoms with Crippen molar-refractivity contribution in [3.63, 3.8) is 0 Å². The van der Waals surface area contributed by atoms with Crippen LogP contribution in [0.1, 0.15) is 35.2 Å². The van der Waals surface area contributed by atoms with Crippen LogP contribution in [0.15, 0.2) is 23.8 Å². The molecule has 1 aromatic rings. The standard InChI is InChI=1S/C24H31NO16/c1-40-17-15(27)12-13(16(28)18(17)41-2)20(30,31)11(14(12)26)8-19(29)21(32,33)23(36,37)25(24(38,39)22(19,34)35)9-10-6-4-3-5-7-10/h3-4,6,11,27-39H,5,7-9H2,1-2H3. The molecule has 1 unspecified atom stereocenters. The number of phenolic OH excluding ortho intramolecular Hbond substituents is 2. The Morgan fingerprint density at radius 1 is 0.854 bits per heavy atom. The fraction of sp³-hybridized carbons (Fsp3) is 0.542. The van der Waals surface area contributed by atoms with Crippen LogP contribution in [0.25, 0.3) is 0 Å². The second kappa shape index (κ2) is 9.30. The van der Waals surface area contributed by atoms with Crippen molar-refractivity contribution >= 4 is 5.78 Å². The molecule has 2 aliphatic carbocycles. The summed E-state index contributed by atoms with van der Waals surface area (Å²) in [5.74, 6) is -29.4. The van der Waals surface area contributed by atoms with E-state index < -0.39 is 93.6 Å². The molecule has 0 aromatic heterocycles. The number of likely N-dealkylation sites (tertiary alicyclic amines) is 1. The number of phenols is 2. The van der Waals surface area contributed by atoms with Crippen LogP contribution in [0.4, 0.5) is 0 Å². The van der Waals surface area contributed by atoms with E-state index in [0.29, 0.717) is 6.42 Å². The zero-order valence-corrected chi connectivity index (χ0v) is 21.6. The number of nitrogens with zero attached hydrogens (tertiary/aromatic N) is 1. The van der Waals surface area contributed by atoms with Gasteiger partial charge < -0.3 is 75.9 Å². The van der Waals surface area contributed by atoms with Crippen LogP contribution in [0, 0.1) is 5.92 Å².